The predicted molar refractivity (Wildman–Crippen MR) is 213 cm³/mol. The number of unbranched alkanes of at least 4 members (excludes halogenated alkanes) is 4. The number of nitrogens with zero attached hydrogens (tertiary/aromatic N) is 6. The third-order valence-corrected chi connectivity index (χ3v) is 10.2. The van der Waals surface area contributed by atoms with Crippen LogP contribution in [-0.4, -0.2) is 26.1 Å². The highest BCUT2D eigenvalue weighted by Gasteiger charge is 2.23. The van der Waals surface area contributed by atoms with E-state index in [1.54, 1.807) is 13.2 Å². The second kappa shape index (κ2) is 22.7. The summed E-state index contributed by atoms with van der Waals surface area (Å²) in [5, 5.41) is 31.6. The first-order chi connectivity index (χ1) is 24.8. The standard InChI is InChI=1S/C41H59N7O2S/c1-8-13-16-19-33-20-22-35(23-21-33)44-46-40-24-34(27-42)41(51-40)47-45-37-26-39(50-7)38(25-36(37)43-30(6)49)48(28-31(11-4)17-14-9-2)29-32(12-5)18-15-10-3/h20-26,31-32H,8-19,28-29H2,1-7H3,(H,43,49)/b46-44?,47-45+. The molecular formula is C41H59N7O2S. The molecule has 276 valence electrons. The summed E-state index contributed by atoms with van der Waals surface area (Å²) in [6.07, 6.45) is 14.0. The highest BCUT2D eigenvalue weighted by molar-refractivity contribution is 7.19. The van der Waals surface area contributed by atoms with E-state index in [0.717, 1.165) is 43.7 Å². The Morgan fingerprint density at radius 1 is 0.863 bits per heavy atom. The maximum atomic E-state index is 12.4. The lowest BCUT2D eigenvalue weighted by molar-refractivity contribution is -0.114. The number of carbonyl (C=O) groups is 1. The third-order valence-electron chi connectivity index (χ3n) is 9.33. The van der Waals surface area contributed by atoms with E-state index in [2.05, 4.69) is 83.5 Å². The van der Waals surface area contributed by atoms with Gasteiger partial charge in [0.05, 0.1) is 29.7 Å². The molecule has 2 aromatic carbocycles. The minimum absolute atomic E-state index is 0.205. The smallest absolute Gasteiger partial charge is 0.221 e. The van der Waals surface area contributed by atoms with Crippen LogP contribution in [0.15, 0.2) is 62.9 Å². The van der Waals surface area contributed by atoms with Crippen molar-refractivity contribution in [3.8, 4) is 11.8 Å². The summed E-state index contributed by atoms with van der Waals surface area (Å²) in [6, 6.07) is 15.8. The predicted octanol–water partition coefficient (Wildman–Crippen LogP) is 13.4. The van der Waals surface area contributed by atoms with Gasteiger partial charge in [-0.2, -0.15) is 5.26 Å². The van der Waals surface area contributed by atoms with Crippen LogP contribution >= 0.6 is 11.3 Å². The fourth-order valence-corrected chi connectivity index (χ4v) is 6.91. The van der Waals surface area contributed by atoms with Crippen LogP contribution in [-0.2, 0) is 11.2 Å². The maximum Gasteiger partial charge on any atom is 0.221 e. The van der Waals surface area contributed by atoms with Crippen molar-refractivity contribution in [2.45, 2.75) is 119 Å². The minimum Gasteiger partial charge on any atom is -0.494 e. The second-order valence-electron chi connectivity index (χ2n) is 13.4. The maximum absolute atomic E-state index is 12.4. The molecule has 0 radical (unpaired) electrons. The lowest BCUT2D eigenvalue weighted by atomic mass is 9.95. The molecule has 1 aromatic heterocycles. The van der Waals surface area contributed by atoms with Gasteiger partial charge in [0.25, 0.3) is 0 Å². The normalized spacial score (nSPS) is 12.7. The van der Waals surface area contributed by atoms with E-state index in [9.17, 15) is 10.1 Å². The number of methoxy groups -OCH3 is 1. The zero-order valence-electron chi connectivity index (χ0n) is 32.0. The number of nitriles is 1. The van der Waals surface area contributed by atoms with E-state index in [0.29, 0.717) is 44.5 Å². The summed E-state index contributed by atoms with van der Waals surface area (Å²) in [5.74, 6) is 1.56. The van der Waals surface area contributed by atoms with E-state index in [1.165, 1.54) is 81.6 Å². The van der Waals surface area contributed by atoms with Gasteiger partial charge in [-0.15, -0.1) is 20.5 Å². The molecular weight excluding hydrogens is 655 g/mol. The Kier molecular flexibility index (Phi) is 18.4. The van der Waals surface area contributed by atoms with Gasteiger partial charge in [-0.1, -0.05) is 109 Å². The number of anilines is 2. The van der Waals surface area contributed by atoms with Gasteiger partial charge in [0.15, 0.2) is 5.00 Å². The van der Waals surface area contributed by atoms with Crippen molar-refractivity contribution in [3.05, 3.63) is 53.6 Å². The Balaban J connectivity index is 1.95. The molecule has 0 aliphatic carbocycles. The SMILES string of the molecule is CCCCCc1ccc(N=Nc2cc(C#N)c(/N=N/c3cc(OC)c(N(CC(CC)CCCC)CC(CC)CCCC)cc3NC(C)=O)s2)cc1. The molecule has 0 fully saturated rings. The molecule has 51 heavy (non-hydrogen) atoms. The second-order valence-corrected chi connectivity index (χ2v) is 14.4. The highest BCUT2D eigenvalue weighted by atomic mass is 32.1. The molecule has 0 aliphatic heterocycles. The number of aryl methyl sites for hydroxylation is 1. The first kappa shape index (κ1) is 41.3. The molecule has 1 heterocycles. The van der Waals surface area contributed by atoms with Crippen LogP contribution in [0.5, 0.6) is 5.75 Å². The number of nitrogens with one attached hydrogen (secondary N) is 1. The highest BCUT2D eigenvalue weighted by Crippen LogP contribution is 2.43. The Hall–Kier alpha value is -4.10. The first-order valence-corrected chi connectivity index (χ1v) is 19.8. The summed E-state index contributed by atoms with van der Waals surface area (Å²) in [6.45, 7) is 14.6. The van der Waals surface area contributed by atoms with E-state index in [4.69, 9.17) is 4.74 Å². The molecule has 2 unspecified atom stereocenters. The van der Waals surface area contributed by atoms with Crippen LogP contribution in [0.3, 0.4) is 0 Å². The topological polar surface area (TPSA) is 115 Å². The molecule has 2 atom stereocenters. The van der Waals surface area contributed by atoms with Crippen LogP contribution in [0.4, 0.5) is 32.8 Å². The number of carbonyl (C=O) groups excluding carboxylic acids is 1. The van der Waals surface area contributed by atoms with Crippen LogP contribution in [0.25, 0.3) is 0 Å². The summed E-state index contributed by atoms with van der Waals surface area (Å²) in [7, 11) is 1.67. The third kappa shape index (κ3) is 13.5. The zero-order chi connectivity index (χ0) is 37.0. The van der Waals surface area contributed by atoms with Gasteiger partial charge >= 0.3 is 0 Å². The molecule has 1 amide bonds. The Morgan fingerprint density at radius 2 is 1.51 bits per heavy atom. The van der Waals surface area contributed by atoms with Crippen LogP contribution < -0.4 is 15.0 Å². The molecule has 0 aliphatic rings. The number of thiophene rings is 1. The summed E-state index contributed by atoms with van der Waals surface area (Å²) < 4.78 is 5.99. The van der Waals surface area contributed by atoms with Gasteiger partial charge in [-0.25, -0.2) is 0 Å². The molecule has 0 bridgehead atoms. The average molecular weight is 714 g/mol. The van der Waals surface area contributed by atoms with Gasteiger partial charge in [-0.05, 0) is 67.3 Å². The number of amides is 1. The van der Waals surface area contributed by atoms with Gasteiger partial charge in [-0.3, -0.25) is 4.79 Å². The van der Waals surface area contributed by atoms with Crippen molar-refractivity contribution >= 4 is 50.0 Å². The lowest BCUT2D eigenvalue weighted by Gasteiger charge is -2.34. The van der Waals surface area contributed by atoms with Gasteiger partial charge in [0, 0.05) is 26.1 Å². The van der Waals surface area contributed by atoms with Gasteiger partial charge < -0.3 is 15.0 Å². The summed E-state index contributed by atoms with van der Waals surface area (Å²) in [5.41, 5.74) is 4.32. The van der Waals surface area contributed by atoms with E-state index < -0.39 is 0 Å². The van der Waals surface area contributed by atoms with Gasteiger partial charge in [0.2, 0.25) is 5.91 Å². The summed E-state index contributed by atoms with van der Waals surface area (Å²) >= 11 is 1.24. The van der Waals surface area contributed by atoms with Crippen molar-refractivity contribution in [2.75, 3.05) is 30.4 Å². The van der Waals surface area contributed by atoms with Crippen molar-refractivity contribution in [3.63, 3.8) is 0 Å². The monoisotopic (exact) mass is 713 g/mol. The zero-order valence-corrected chi connectivity index (χ0v) is 32.8. The molecule has 1 N–H and O–H groups in total. The molecule has 0 spiro atoms. The quantitative estimate of drug-likeness (QED) is 0.0778. The number of hydrogen-bond acceptors (Lipinski definition) is 9. The molecule has 9 nitrogen and oxygen atoms in total. The van der Waals surface area contributed by atoms with Crippen molar-refractivity contribution in [2.24, 2.45) is 32.3 Å². The fraction of sp³-hybridized carbons (Fsp3) is 0.561. The molecule has 3 rings (SSSR count). The van der Waals surface area contributed by atoms with Crippen molar-refractivity contribution in [1.29, 1.82) is 5.26 Å². The number of ether oxygens (including phenoxy) is 1. The van der Waals surface area contributed by atoms with Crippen molar-refractivity contribution in [1.82, 2.24) is 0 Å². The first-order valence-electron chi connectivity index (χ1n) is 19.0. The average Bonchev–Trinajstić information content (AvgIpc) is 3.55. The van der Waals surface area contributed by atoms with Crippen molar-refractivity contribution < 1.29 is 9.53 Å². The molecule has 0 saturated heterocycles. The Bertz CT molecular complexity index is 1570. The molecule has 3 aromatic rings. The number of rotatable bonds is 23. The van der Waals surface area contributed by atoms with Crippen LogP contribution in [0, 0.1) is 23.2 Å². The van der Waals surface area contributed by atoms with E-state index in [1.807, 2.05) is 24.3 Å². The molecule has 10 heteroatoms. The molecule has 0 saturated carbocycles. The Labute approximate surface area is 310 Å². The largest absolute Gasteiger partial charge is 0.494 e. The van der Waals surface area contributed by atoms with E-state index in [-0.39, 0.29) is 5.91 Å². The number of azo groups is 2. The Morgan fingerprint density at radius 3 is 2.06 bits per heavy atom. The fourth-order valence-electron chi connectivity index (χ4n) is 6.16. The lowest BCUT2D eigenvalue weighted by Crippen LogP contribution is -2.34. The number of hydrogen-bond donors (Lipinski definition) is 1. The van der Waals surface area contributed by atoms with Crippen LogP contribution in [0.1, 0.15) is 123 Å². The van der Waals surface area contributed by atoms with E-state index >= 15 is 0 Å². The number of benzene rings is 2. The van der Waals surface area contributed by atoms with Gasteiger partial charge in [0.1, 0.15) is 22.5 Å². The van der Waals surface area contributed by atoms with Crippen LogP contribution in [0.2, 0.25) is 0 Å². The minimum atomic E-state index is -0.205. The summed E-state index contributed by atoms with van der Waals surface area (Å²) in [4.78, 5) is 14.9.